The minimum Gasteiger partial charge on any atom is -0.385 e. The minimum atomic E-state index is -0.136. The number of nitrogens with one attached hydrogen (secondary N) is 3. The number of benzene rings is 1. The maximum atomic E-state index is 12.5. The fourth-order valence-corrected chi connectivity index (χ4v) is 3.90. The van der Waals surface area contributed by atoms with Crippen LogP contribution >= 0.6 is 0 Å². The van der Waals surface area contributed by atoms with Gasteiger partial charge in [0, 0.05) is 42.1 Å². The zero-order valence-corrected chi connectivity index (χ0v) is 16.7. The highest BCUT2D eigenvalue weighted by molar-refractivity contribution is 5.93. The second-order valence-corrected chi connectivity index (χ2v) is 7.58. The zero-order chi connectivity index (χ0) is 19.9. The number of allylic oxidation sites excluding steroid dienone is 1. The fraction of sp³-hybridized carbons (Fsp3) is 0.333. The van der Waals surface area contributed by atoms with Gasteiger partial charge in [0.15, 0.2) is 0 Å². The molecule has 5 heteroatoms. The van der Waals surface area contributed by atoms with Crippen LogP contribution in [0, 0.1) is 0 Å². The molecule has 3 aromatic rings. The molecule has 3 N–H and O–H groups in total. The highest BCUT2D eigenvalue weighted by Gasteiger charge is 2.09. The predicted molar refractivity (Wildman–Crippen MR) is 118 cm³/mol. The van der Waals surface area contributed by atoms with Crippen LogP contribution in [0.5, 0.6) is 0 Å². The molecule has 0 unspecified atom stereocenters. The molecule has 0 radical (unpaired) electrons. The summed E-state index contributed by atoms with van der Waals surface area (Å²) in [7, 11) is 0. The van der Waals surface area contributed by atoms with E-state index in [1.165, 1.54) is 36.6 Å². The number of hydrogen-bond donors (Lipinski definition) is 3. The third-order valence-corrected chi connectivity index (χ3v) is 5.51. The fourth-order valence-electron chi connectivity index (χ4n) is 3.90. The third-order valence-electron chi connectivity index (χ3n) is 5.51. The van der Waals surface area contributed by atoms with E-state index in [0.717, 1.165) is 30.6 Å². The van der Waals surface area contributed by atoms with Crippen molar-refractivity contribution in [2.24, 2.45) is 0 Å². The first-order chi connectivity index (χ1) is 14.3. The van der Waals surface area contributed by atoms with Crippen molar-refractivity contribution < 1.29 is 4.79 Å². The van der Waals surface area contributed by atoms with Gasteiger partial charge in [0.2, 0.25) is 0 Å². The standard InChI is InChI=1S/C24H28N4O/c29-24(27-14-11-19-17-28-22-9-5-4-8-21(19)22)23-16-20(12-15-26-23)25-13-10-18-6-2-1-3-7-18/h4-6,8-9,12,15-17,28H,1-3,7,10-11,13-14H2,(H,25,26)(H,27,29). The van der Waals surface area contributed by atoms with Gasteiger partial charge in [-0.25, -0.2) is 0 Å². The molecule has 2 heterocycles. The Hall–Kier alpha value is -3.08. The van der Waals surface area contributed by atoms with Crippen molar-refractivity contribution in [3.63, 3.8) is 0 Å². The first-order valence-corrected chi connectivity index (χ1v) is 10.5. The monoisotopic (exact) mass is 388 g/mol. The van der Waals surface area contributed by atoms with Crippen LogP contribution in [0.4, 0.5) is 5.69 Å². The number of pyridine rings is 1. The van der Waals surface area contributed by atoms with Crippen molar-refractivity contribution in [2.75, 3.05) is 18.4 Å². The maximum absolute atomic E-state index is 12.5. The van der Waals surface area contributed by atoms with E-state index in [4.69, 9.17) is 0 Å². The first kappa shape index (κ1) is 19.2. The summed E-state index contributed by atoms with van der Waals surface area (Å²) in [6.45, 7) is 1.46. The molecule has 1 aliphatic rings. The van der Waals surface area contributed by atoms with Gasteiger partial charge in [0.25, 0.3) is 5.91 Å². The minimum absolute atomic E-state index is 0.136. The zero-order valence-electron chi connectivity index (χ0n) is 16.7. The van der Waals surface area contributed by atoms with E-state index in [0.29, 0.717) is 12.2 Å². The molecular formula is C24H28N4O. The number of anilines is 1. The molecule has 0 bridgehead atoms. The van der Waals surface area contributed by atoms with Gasteiger partial charge in [-0.05, 0) is 62.3 Å². The second-order valence-electron chi connectivity index (χ2n) is 7.58. The van der Waals surface area contributed by atoms with Crippen molar-refractivity contribution in [2.45, 2.75) is 38.5 Å². The van der Waals surface area contributed by atoms with Crippen LogP contribution in [-0.2, 0) is 6.42 Å². The molecule has 4 rings (SSSR count). The number of aromatic amines is 1. The highest BCUT2D eigenvalue weighted by atomic mass is 16.1. The van der Waals surface area contributed by atoms with Gasteiger partial charge in [-0.2, -0.15) is 0 Å². The van der Waals surface area contributed by atoms with Crippen LogP contribution in [0.2, 0.25) is 0 Å². The third kappa shape index (κ3) is 5.05. The number of aromatic nitrogens is 2. The summed E-state index contributed by atoms with van der Waals surface area (Å²) in [5.74, 6) is -0.136. The van der Waals surface area contributed by atoms with Gasteiger partial charge in [-0.3, -0.25) is 9.78 Å². The highest BCUT2D eigenvalue weighted by Crippen LogP contribution is 2.20. The van der Waals surface area contributed by atoms with Gasteiger partial charge in [0.1, 0.15) is 5.69 Å². The lowest BCUT2D eigenvalue weighted by Crippen LogP contribution is -2.26. The number of nitrogens with zero attached hydrogens (tertiary/aromatic N) is 1. The number of amides is 1. The molecule has 0 saturated carbocycles. The molecule has 150 valence electrons. The Labute approximate surface area is 171 Å². The topological polar surface area (TPSA) is 69.8 Å². The summed E-state index contributed by atoms with van der Waals surface area (Å²) < 4.78 is 0. The molecule has 0 saturated heterocycles. The van der Waals surface area contributed by atoms with Crippen LogP contribution in [0.25, 0.3) is 10.9 Å². The Balaban J connectivity index is 1.27. The average molecular weight is 389 g/mol. The van der Waals surface area contributed by atoms with Gasteiger partial charge in [-0.1, -0.05) is 29.8 Å². The predicted octanol–water partition coefficient (Wildman–Crippen LogP) is 4.84. The van der Waals surface area contributed by atoms with Gasteiger partial charge in [-0.15, -0.1) is 0 Å². The van der Waals surface area contributed by atoms with Crippen molar-refractivity contribution in [3.8, 4) is 0 Å². The van der Waals surface area contributed by atoms with Crippen molar-refractivity contribution in [1.29, 1.82) is 0 Å². The summed E-state index contributed by atoms with van der Waals surface area (Å²) in [6.07, 6.45) is 13.0. The van der Waals surface area contributed by atoms with Crippen LogP contribution < -0.4 is 10.6 Å². The Morgan fingerprint density at radius 2 is 2.03 bits per heavy atom. The van der Waals surface area contributed by atoms with Crippen molar-refractivity contribution in [1.82, 2.24) is 15.3 Å². The van der Waals surface area contributed by atoms with Gasteiger partial charge < -0.3 is 15.6 Å². The van der Waals surface area contributed by atoms with Crippen molar-refractivity contribution in [3.05, 3.63) is 71.7 Å². The van der Waals surface area contributed by atoms with E-state index >= 15 is 0 Å². The van der Waals surface area contributed by atoms with E-state index in [9.17, 15) is 4.79 Å². The quantitative estimate of drug-likeness (QED) is 0.484. The smallest absolute Gasteiger partial charge is 0.269 e. The number of carbonyl (C=O) groups excluding carboxylic acids is 1. The molecule has 1 amide bonds. The summed E-state index contributed by atoms with van der Waals surface area (Å²) in [6, 6.07) is 12.0. The lowest BCUT2D eigenvalue weighted by Gasteiger charge is -2.13. The Morgan fingerprint density at radius 3 is 2.93 bits per heavy atom. The first-order valence-electron chi connectivity index (χ1n) is 10.5. The van der Waals surface area contributed by atoms with Crippen LogP contribution in [-0.4, -0.2) is 29.0 Å². The van der Waals surface area contributed by atoms with Gasteiger partial charge in [0.05, 0.1) is 0 Å². The Bertz CT molecular complexity index is 1000. The summed E-state index contributed by atoms with van der Waals surface area (Å²) >= 11 is 0. The maximum Gasteiger partial charge on any atom is 0.269 e. The normalized spacial score (nSPS) is 13.9. The SMILES string of the molecule is O=C(NCCc1c[nH]c2ccccc12)c1cc(NCCC2=CCCCC2)ccn1. The molecule has 0 atom stereocenters. The molecule has 29 heavy (non-hydrogen) atoms. The number of hydrogen-bond acceptors (Lipinski definition) is 3. The Morgan fingerprint density at radius 1 is 1.10 bits per heavy atom. The van der Waals surface area contributed by atoms with E-state index in [-0.39, 0.29) is 5.91 Å². The van der Waals surface area contributed by atoms with Gasteiger partial charge >= 0.3 is 0 Å². The average Bonchev–Trinajstić information content (AvgIpc) is 3.18. The molecule has 0 aliphatic heterocycles. The van der Waals surface area contributed by atoms with E-state index in [1.807, 2.05) is 30.5 Å². The lowest BCUT2D eigenvalue weighted by atomic mass is 9.97. The molecule has 0 spiro atoms. The van der Waals surface area contributed by atoms with Crippen LogP contribution in [0.15, 0.2) is 60.4 Å². The number of para-hydroxylation sites is 1. The molecule has 0 fully saturated rings. The molecular weight excluding hydrogens is 360 g/mol. The largest absolute Gasteiger partial charge is 0.385 e. The number of carbonyl (C=O) groups is 1. The number of rotatable bonds is 8. The van der Waals surface area contributed by atoms with Crippen LogP contribution in [0.1, 0.15) is 48.2 Å². The Kier molecular flexibility index (Phi) is 6.25. The van der Waals surface area contributed by atoms with E-state index < -0.39 is 0 Å². The molecule has 1 aliphatic carbocycles. The number of fused-ring (bicyclic) bond motifs is 1. The second kappa shape index (κ2) is 9.41. The molecule has 5 nitrogen and oxygen atoms in total. The summed E-state index contributed by atoms with van der Waals surface area (Å²) in [4.78, 5) is 20.0. The lowest BCUT2D eigenvalue weighted by molar-refractivity contribution is 0.0949. The molecule has 2 aromatic heterocycles. The van der Waals surface area contributed by atoms with Crippen molar-refractivity contribution >= 4 is 22.5 Å². The summed E-state index contributed by atoms with van der Waals surface area (Å²) in [5, 5.41) is 7.61. The summed E-state index contributed by atoms with van der Waals surface area (Å²) in [5.41, 5.74) is 5.27. The van der Waals surface area contributed by atoms with E-state index in [1.54, 1.807) is 11.8 Å². The molecule has 1 aromatic carbocycles. The van der Waals surface area contributed by atoms with Crippen LogP contribution in [0.3, 0.4) is 0 Å². The number of H-pyrrole nitrogens is 1. The van der Waals surface area contributed by atoms with E-state index in [2.05, 4.69) is 38.8 Å².